The molecule has 0 amide bonds. The van der Waals surface area contributed by atoms with Crippen LogP contribution in [-0.4, -0.2) is 38.6 Å². The fourth-order valence-electron chi connectivity index (χ4n) is 6.23. The molecule has 1 aromatic rings. The molecule has 0 heterocycles. The quantitative estimate of drug-likeness (QED) is 0.140. The number of hydrogen-bond acceptors (Lipinski definition) is 6. The monoisotopic (exact) mass is 638 g/mol. The first-order valence-electron chi connectivity index (χ1n) is 14.3. The smallest absolute Gasteiger partial charge is 0.491 e. The minimum absolute atomic E-state index is 0.0669. The first kappa shape index (κ1) is 34.9. The van der Waals surface area contributed by atoms with E-state index in [2.05, 4.69) is 0 Å². The van der Waals surface area contributed by atoms with E-state index in [1.165, 1.54) is 6.07 Å². The molecule has 0 bridgehead atoms. The highest BCUT2D eigenvalue weighted by atomic mass is 28.4. The number of carbonyl (C=O) groups is 3. The Hall–Kier alpha value is -2.57. The summed E-state index contributed by atoms with van der Waals surface area (Å²) in [6.07, 6.45) is -9.19. The molecular formula is C30H40F6O6Si. The van der Waals surface area contributed by atoms with Crippen molar-refractivity contribution < 1.29 is 54.6 Å². The van der Waals surface area contributed by atoms with Gasteiger partial charge in [0.05, 0.1) is 5.41 Å². The molecule has 2 atom stereocenters. The van der Waals surface area contributed by atoms with Crippen LogP contribution in [0, 0.1) is 11.3 Å². The highest BCUT2D eigenvalue weighted by Crippen LogP contribution is 2.62. The van der Waals surface area contributed by atoms with E-state index in [1.54, 1.807) is 13.8 Å². The van der Waals surface area contributed by atoms with Crippen LogP contribution in [0.2, 0.25) is 18.1 Å². The summed E-state index contributed by atoms with van der Waals surface area (Å²) in [7, 11) is -2.85. The number of aryl methyl sites for hydroxylation is 1. The van der Waals surface area contributed by atoms with E-state index in [0.29, 0.717) is 24.8 Å². The van der Waals surface area contributed by atoms with Gasteiger partial charge in [-0.25, -0.2) is 9.59 Å². The maximum absolute atomic E-state index is 14.6. The lowest BCUT2D eigenvalue weighted by atomic mass is 9.49. The Bertz CT molecular complexity index is 1290. The van der Waals surface area contributed by atoms with Crippen LogP contribution in [-0.2, 0) is 30.6 Å². The Morgan fingerprint density at radius 3 is 1.88 bits per heavy atom. The zero-order chi connectivity index (χ0) is 33.1. The van der Waals surface area contributed by atoms with Crippen LogP contribution in [0.25, 0.3) is 0 Å². The molecule has 2 aliphatic rings. The van der Waals surface area contributed by atoms with Crippen molar-refractivity contribution in [1.82, 2.24) is 0 Å². The van der Waals surface area contributed by atoms with Gasteiger partial charge in [-0.2, -0.15) is 26.3 Å². The molecule has 1 aromatic carbocycles. The summed E-state index contributed by atoms with van der Waals surface area (Å²) in [6, 6.07) is 1.45. The molecule has 2 aliphatic carbocycles. The summed E-state index contributed by atoms with van der Waals surface area (Å²) < 4.78 is 97.1. The normalized spacial score (nSPS) is 22.4. The van der Waals surface area contributed by atoms with Gasteiger partial charge in [0.25, 0.3) is 8.32 Å². The van der Waals surface area contributed by atoms with Crippen LogP contribution in [0.1, 0.15) is 96.8 Å². The van der Waals surface area contributed by atoms with Gasteiger partial charge >= 0.3 is 30.3 Å². The summed E-state index contributed by atoms with van der Waals surface area (Å²) in [5.41, 5.74) is -2.13. The van der Waals surface area contributed by atoms with Crippen molar-refractivity contribution in [2.75, 3.05) is 0 Å². The van der Waals surface area contributed by atoms with Gasteiger partial charge in [0.1, 0.15) is 0 Å². The third-order valence-corrected chi connectivity index (χ3v) is 13.7. The Balaban J connectivity index is 2.49. The first-order valence-corrected chi connectivity index (χ1v) is 17.2. The van der Waals surface area contributed by atoms with Crippen molar-refractivity contribution in [2.45, 2.75) is 122 Å². The van der Waals surface area contributed by atoms with Crippen molar-refractivity contribution in [3.05, 3.63) is 22.8 Å². The molecular weight excluding hydrogens is 598 g/mol. The van der Waals surface area contributed by atoms with Gasteiger partial charge in [-0.05, 0) is 66.6 Å². The Kier molecular flexibility index (Phi) is 9.01. The van der Waals surface area contributed by atoms with Gasteiger partial charge in [-0.15, -0.1) is 0 Å². The predicted molar refractivity (Wildman–Crippen MR) is 148 cm³/mol. The molecule has 2 unspecified atom stereocenters. The second-order valence-corrected chi connectivity index (χ2v) is 18.9. The van der Waals surface area contributed by atoms with Gasteiger partial charge in [-0.1, -0.05) is 61.0 Å². The largest absolute Gasteiger partial charge is 0.518 e. The van der Waals surface area contributed by atoms with Gasteiger partial charge in [0.15, 0.2) is 11.5 Å². The molecule has 3 rings (SSSR count). The fourth-order valence-corrected chi connectivity index (χ4v) is 7.18. The summed E-state index contributed by atoms with van der Waals surface area (Å²) in [6.45, 7) is 16.3. The number of fused-ring (bicyclic) bond motifs is 3. The molecule has 0 aliphatic heterocycles. The molecule has 43 heavy (non-hydrogen) atoms. The third kappa shape index (κ3) is 6.46. The Morgan fingerprint density at radius 1 is 0.907 bits per heavy atom. The van der Waals surface area contributed by atoms with Crippen molar-refractivity contribution >= 4 is 26.2 Å². The van der Waals surface area contributed by atoms with Crippen LogP contribution >= 0.6 is 0 Å². The van der Waals surface area contributed by atoms with E-state index in [9.17, 15) is 40.7 Å². The van der Waals surface area contributed by atoms with Gasteiger partial charge in [0, 0.05) is 11.1 Å². The van der Waals surface area contributed by atoms with Crippen molar-refractivity contribution in [1.29, 1.82) is 0 Å². The number of ether oxygens (including phenoxy) is 2. The molecule has 0 N–H and O–H groups in total. The van der Waals surface area contributed by atoms with Crippen molar-refractivity contribution in [2.24, 2.45) is 11.3 Å². The lowest BCUT2D eigenvalue weighted by Crippen LogP contribution is -2.58. The Labute approximate surface area is 249 Å². The number of esters is 2. The number of rotatable bonds is 5. The molecule has 0 aromatic heterocycles. The average Bonchev–Trinajstić information content (AvgIpc) is 2.81. The van der Waals surface area contributed by atoms with E-state index in [-0.39, 0.29) is 24.0 Å². The standard InChI is InChI=1S/C30H40F6O6Si/c1-16(2)18-15-17-11-12-19-27(6,7)13-10-14-28(19,23(37)42-43(8,9)26(3,4)5)20(17)22(41-25(39)30(34,35)36)21(18)40-24(38)29(31,32)33/h15-16,19H,10-14H2,1-9H3. The molecule has 242 valence electrons. The fraction of sp³-hybridized carbons (Fsp3) is 0.700. The van der Waals surface area contributed by atoms with E-state index in [1.807, 2.05) is 47.7 Å². The lowest BCUT2D eigenvalue weighted by molar-refractivity contribution is -0.192. The molecule has 0 spiro atoms. The molecule has 0 radical (unpaired) electrons. The minimum Gasteiger partial charge on any atom is -0.518 e. The van der Waals surface area contributed by atoms with Gasteiger partial charge in [0.2, 0.25) is 0 Å². The van der Waals surface area contributed by atoms with E-state index >= 15 is 0 Å². The third-order valence-electron chi connectivity index (χ3n) is 9.42. The van der Waals surface area contributed by atoms with Crippen LogP contribution in [0.4, 0.5) is 26.3 Å². The topological polar surface area (TPSA) is 78.9 Å². The van der Waals surface area contributed by atoms with Gasteiger partial charge in [-0.3, -0.25) is 4.79 Å². The van der Waals surface area contributed by atoms with Crippen LogP contribution < -0.4 is 9.47 Å². The Morgan fingerprint density at radius 2 is 1.42 bits per heavy atom. The number of halogens is 6. The lowest BCUT2D eigenvalue weighted by Gasteiger charge is -2.55. The summed E-state index contributed by atoms with van der Waals surface area (Å²) in [4.78, 5) is 39.0. The summed E-state index contributed by atoms with van der Waals surface area (Å²) in [5, 5.41) is -0.447. The maximum Gasteiger partial charge on any atom is 0.491 e. The van der Waals surface area contributed by atoms with Crippen LogP contribution in [0.3, 0.4) is 0 Å². The molecule has 0 saturated heterocycles. The van der Waals surface area contributed by atoms with Crippen LogP contribution in [0.5, 0.6) is 11.5 Å². The average molecular weight is 639 g/mol. The highest BCUT2D eigenvalue weighted by molar-refractivity contribution is 6.75. The summed E-state index contributed by atoms with van der Waals surface area (Å²) in [5.74, 6) is -9.29. The van der Waals surface area contributed by atoms with E-state index in [0.717, 1.165) is 0 Å². The SMILES string of the molecule is CC(C)c1cc2c(c(OC(=O)C(F)(F)F)c1OC(=O)C(F)(F)F)C1(C(=O)O[Si](C)(C)C(C)(C)C)CCCC(C)(C)C1CC2. The minimum atomic E-state index is -5.54. The highest BCUT2D eigenvalue weighted by Gasteiger charge is 2.61. The number of alkyl halides is 6. The number of carbonyl (C=O) groups excluding carboxylic acids is 3. The predicted octanol–water partition coefficient (Wildman–Crippen LogP) is 8.30. The second-order valence-electron chi connectivity index (χ2n) is 14.1. The zero-order valence-electron chi connectivity index (χ0n) is 26.0. The molecule has 1 saturated carbocycles. The molecule has 13 heteroatoms. The number of hydrogen-bond donors (Lipinski definition) is 0. The van der Waals surface area contributed by atoms with Crippen molar-refractivity contribution in [3.63, 3.8) is 0 Å². The zero-order valence-corrected chi connectivity index (χ0v) is 27.0. The maximum atomic E-state index is 14.6. The number of benzene rings is 1. The van der Waals surface area contributed by atoms with Gasteiger partial charge < -0.3 is 13.9 Å². The second kappa shape index (κ2) is 11.1. The summed E-state index contributed by atoms with van der Waals surface area (Å²) >= 11 is 0. The van der Waals surface area contributed by atoms with E-state index in [4.69, 9.17) is 13.9 Å². The van der Waals surface area contributed by atoms with Crippen molar-refractivity contribution in [3.8, 4) is 11.5 Å². The first-order chi connectivity index (χ1) is 19.3. The van der Waals surface area contributed by atoms with Crippen LogP contribution in [0.15, 0.2) is 6.07 Å². The molecule has 1 fully saturated rings. The van der Waals surface area contributed by atoms with E-state index < -0.39 is 77.8 Å². The molecule has 6 nitrogen and oxygen atoms in total.